The molecule has 0 aliphatic carbocycles. The van der Waals surface area contributed by atoms with E-state index in [4.69, 9.17) is 9.47 Å². The minimum absolute atomic E-state index is 0.0962. The van der Waals surface area contributed by atoms with E-state index in [0.29, 0.717) is 44.5 Å². The number of aromatic carboxylic acids is 2. The fourth-order valence-corrected chi connectivity index (χ4v) is 5.89. The molecule has 8 nitrogen and oxygen atoms in total. The van der Waals surface area contributed by atoms with E-state index in [1.807, 2.05) is 0 Å². The van der Waals surface area contributed by atoms with Gasteiger partial charge in [-0.15, -0.1) is 0 Å². The molecule has 0 unspecified atom stereocenters. The van der Waals surface area contributed by atoms with Gasteiger partial charge in [0.2, 0.25) is 0 Å². The summed E-state index contributed by atoms with van der Waals surface area (Å²) < 4.78 is 9.85. The first-order valence-corrected chi connectivity index (χ1v) is 15.7. The summed E-state index contributed by atoms with van der Waals surface area (Å²) in [4.78, 5) is 46.5. The van der Waals surface area contributed by atoms with Crippen LogP contribution in [0.5, 0.6) is 0 Å². The minimum Gasteiger partial charge on any atom is -0.478 e. The van der Waals surface area contributed by atoms with E-state index in [9.17, 15) is 29.4 Å². The Morgan fingerprint density at radius 1 is 0.684 bits per heavy atom. The maximum atomic E-state index is 12.0. The average molecular weight is 571 g/mol. The molecule has 0 spiro atoms. The van der Waals surface area contributed by atoms with Gasteiger partial charge in [-0.3, -0.25) is 9.59 Å². The number of hydrogen-bond acceptors (Lipinski definition) is 8. The summed E-state index contributed by atoms with van der Waals surface area (Å²) >= 11 is 3.56. The lowest BCUT2D eigenvalue weighted by atomic mass is 9.91. The second-order valence-electron chi connectivity index (χ2n) is 8.69. The number of hydrogen-bond donors (Lipinski definition) is 2. The first-order valence-electron chi connectivity index (χ1n) is 13.4. The predicted molar refractivity (Wildman–Crippen MR) is 153 cm³/mol. The van der Waals surface area contributed by atoms with Crippen molar-refractivity contribution in [3.05, 3.63) is 34.4 Å². The average Bonchev–Trinajstić information content (AvgIpc) is 2.87. The van der Waals surface area contributed by atoms with Crippen molar-refractivity contribution in [1.82, 2.24) is 0 Å². The first kappa shape index (κ1) is 33.8. The van der Waals surface area contributed by atoms with Crippen molar-refractivity contribution < 1.29 is 38.9 Å². The van der Waals surface area contributed by atoms with Gasteiger partial charge in [0.25, 0.3) is 0 Å². The Balaban J connectivity index is 2.56. The molecule has 1 rings (SSSR count). The smallest absolute Gasteiger partial charge is 0.336 e. The Labute approximate surface area is 234 Å². The summed E-state index contributed by atoms with van der Waals surface area (Å²) in [6.07, 6.45) is 7.09. The highest BCUT2D eigenvalue weighted by Crippen LogP contribution is 2.25. The van der Waals surface area contributed by atoms with E-state index in [2.05, 4.69) is 0 Å². The van der Waals surface area contributed by atoms with Crippen LogP contribution >= 0.6 is 23.5 Å². The molecule has 0 saturated carbocycles. The number of thioether (sulfide) groups is 2. The summed E-state index contributed by atoms with van der Waals surface area (Å²) in [6, 6.07) is 3.17. The first-order chi connectivity index (χ1) is 18.3. The van der Waals surface area contributed by atoms with E-state index in [1.165, 1.54) is 6.07 Å². The van der Waals surface area contributed by atoms with E-state index in [1.54, 1.807) is 43.4 Å². The summed E-state index contributed by atoms with van der Waals surface area (Å²) in [6.45, 7) is 4.39. The third kappa shape index (κ3) is 14.1. The van der Waals surface area contributed by atoms with Gasteiger partial charge in [0.15, 0.2) is 0 Å². The highest BCUT2D eigenvalue weighted by Gasteiger charge is 2.22. The number of unbranched alkanes of at least 4 members (excludes halogenated alkanes) is 2. The number of carboxylic acids is 2. The molecule has 1 aromatic carbocycles. The van der Waals surface area contributed by atoms with Gasteiger partial charge in [0, 0.05) is 12.8 Å². The van der Waals surface area contributed by atoms with Crippen LogP contribution in [0.4, 0.5) is 0 Å². The summed E-state index contributed by atoms with van der Waals surface area (Å²) in [5.41, 5.74) is 1.26. The van der Waals surface area contributed by atoms with Gasteiger partial charge in [-0.05, 0) is 105 Å². The Bertz CT molecular complexity index is 888. The predicted octanol–water partition coefficient (Wildman–Crippen LogP) is 5.88. The SMILES string of the molecule is CCOC(=O)CCCCSCCCc1ccc(C(=O)O)c(C(=O)O)c1CCCSCCCCC(=O)OCC. The molecule has 0 heterocycles. The molecule has 214 valence electrons. The number of carboxylic acid groups (broad SMARTS) is 2. The molecule has 0 fully saturated rings. The number of carbonyl (C=O) groups is 4. The highest BCUT2D eigenvalue weighted by atomic mass is 32.2. The van der Waals surface area contributed by atoms with Crippen LogP contribution in [0.2, 0.25) is 0 Å². The number of ether oxygens (including phenoxy) is 2. The molecule has 0 bridgehead atoms. The second-order valence-corrected chi connectivity index (χ2v) is 11.1. The van der Waals surface area contributed by atoms with Crippen molar-refractivity contribution in [1.29, 1.82) is 0 Å². The summed E-state index contributed by atoms with van der Waals surface area (Å²) in [5.74, 6) is 0.825. The molecule has 0 amide bonds. The zero-order valence-electron chi connectivity index (χ0n) is 22.6. The maximum absolute atomic E-state index is 12.0. The Hall–Kier alpha value is -2.20. The van der Waals surface area contributed by atoms with Gasteiger partial charge in [0.1, 0.15) is 0 Å². The van der Waals surface area contributed by atoms with Crippen LogP contribution < -0.4 is 0 Å². The normalized spacial score (nSPS) is 10.8. The van der Waals surface area contributed by atoms with Crippen LogP contribution in [0.1, 0.15) is 97.1 Å². The minimum atomic E-state index is -1.23. The van der Waals surface area contributed by atoms with Crippen LogP contribution in [0, 0.1) is 0 Å². The van der Waals surface area contributed by atoms with Crippen LogP contribution in [0.3, 0.4) is 0 Å². The molecular formula is C28H42O8S2. The van der Waals surface area contributed by atoms with Gasteiger partial charge in [-0.2, -0.15) is 23.5 Å². The van der Waals surface area contributed by atoms with Crippen LogP contribution in [-0.2, 0) is 31.9 Å². The summed E-state index contributed by atoms with van der Waals surface area (Å²) in [7, 11) is 0. The van der Waals surface area contributed by atoms with Crippen LogP contribution in [0.25, 0.3) is 0 Å². The fraction of sp³-hybridized carbons (Fsp3) is 0.643. The Morgan fingerprint density at radius 2 is 1.18 bits per heavy atom. The Kier molecular flexibility index (Phi) is 18.4. The van der Waals surface area contributed by atoms with Crippen molar-refractivity contribution >= 4 is 47.4 Å². The standard InChI is InChI=1S/C28H42O8S2/c1-3-35-24(29)13-5-7-17-37-19-9-11-21-15-16-23(27(31)32)26(28(33)34)22(21)12-10-20-38-18-8-6-14-25(30)36-4-2/h15-16H,3-14,17-20H2,1-2H3,(H,31,32)(H,33,34). The molecule has 0 aromatic heterocycles. The molecule has 0 saturated heterocycles. The van der Waals surface area contributed by atoms with Crippen LogP contribution in [0.15, 0.2) is 12.1 Å². The molecule has 0 aliphatic heterocycles. The lowest BCUT2D eigenvalue weighted by Crippen LogP contribution is -2.14. The molecule has 2 N–H and O–H groups in total. The number of aryl methyl sites for hydroxylation is 1. The molecule has 38 heavy (non-hydrogen) atoms. The van der Waals surface area contributed by atoms with E-state index in [-0.39, 0.29) is 23.1 Å². The molecule has 1 aromatic rings. The number of carbonyl (C=O) groups excluding carboxylic acids is 2. The van der Waals surface area contributed by atoms with Gasteiger partial charge in [-0.1, -0.05) is 6.07 Å². The summed E-state index contributed by atoms with van der Waals surface area (Å²) in [5, 5.41) is 19.4. The lowest BCUT2D eigenvalue weighted by molar-refractivity contribution is -0.144. The lowest BCUT2D eigenvalue weighted by Gasteiger charge is -2.15. The van der Waals surface area contributed by atoms with Gasteiger partial charge in [-0.25, -0.2) is 9.59 Å². The van der Waals surface area contributed by atoms with Crippen molar-refractivity contribution in [2.45, 2.75) is 78.1 Å². The Morgan fingerprint density at radius 3 is 1.66 bits per heavy atom. The third-order valence-electron chi connectivity index (χ3n) is 5.75. The van der Waals surface area contributed by atoms with Crippen molar-refractivity contribution in [2.24, 2.45) is 0 Å². The molecule has 10 heteroatoms. The number of esters is 2. The molecule has 0 aliphatic rings. The highest BCUT2D eigenvalue weighted by molar-refractivity contribution is 7.99. The number of rotatable bonds is 22. The van der Waals surface area contributed by atoms with E-state index < -0.39 is 11.9 Å². The largest absolute Gasteiger partial charge is 0.478 e. The monoisotopic (exact) mass is 570 g/mol. The molecule has 0 radical (unpaired) electrons. The van der Waals surface area contributed by atoms with Crippen LogP contribution in [-0.4, -0.2) is 70.3 Å². The van der Waals surface area contributed by atoms with Crippen molar-refractivity contribution in [3.63, 3.8) is 0 Å². The molecule has 0 atom stereocenters. The fourth-order valence-electron chi connectivity index (χ4n) is 3.97. The van der Waals surface area contributed by atoms with Gasteiger partial charge in [0.05, 0.1) is 24.3 Å². The maximum Gasteiger partial charge on any atom is 0.336 e. The van der Waals surface area contributed by atoms with Gasteiger partial charge < -0.3 is 19.7 Å². The zero-order valence-corrected chi connectivity index (χ0v) is 24.3. The second kappa shape index (κ2) is 20.7. The van der Waals surface area contributed by atoms with Crippen molar-refractivity contribution in [2.75, 3.05) is 36.2 Å². The quantitative estimate of drug-likeness (QED) is 0.129. The number of benzene rings is 1. The topological polar surface area (TPSA) is 127 Å². The van der Waals surface area contributed by atoms with E-state index in [0.717, 1.165) is 67.1 Å². The van der Waals surface area contributed by atoms with Gasteiger partial charge >= 0.3 is 23.9 Å². The van der Waals surface area contributed by atoms with E-state index >= 15 is 0 Å². The zero-order chi connectivity index (χ0) is 28.2. The van der Waals surface area contributed by atoms with Crippen molar-refractivity contribution in [3.8, 4) is 0 Å². The third-order valence-corrected chi connectivity index (χ3v) is 8.06. The molecular weight excluding hydrogens is 528 g/mol.